The van der Waals surface area contributed by atoms with Crippen LogP contribution in [0.15, 0.2) is 18.2 Å². The zero-order valence-electron chi connectivity index (χ0n) is 13.4. The normalized spacial score (nSPS) is 10.1. The summed E-state index contributed by atoms with van der Waals surface area (Å²) < 4.78 is 5.61. The predicted molar refractivity (Wildman–Crippen MR) is 85.5 cm³/mol. The molecule has 0 atom stereocenters. The zero-order chi connectivity index (χ0) is 16.5. The third kappa shape index (κ3) is 6.03. The number of nitrogens with zero attached hydrogens (tertiary/aromatic N) is 1. The second-order valence-corrected chi connectivity index (χ2v) is 5.17. The molecule has 0 heterocycles. The van der Waals surface area contributed by atoms with Crippen LogP contribution in [-0.4, -0.2) is 42.2 Å². The number of anilines is 1. The first-order valence-electron chi connectivity index (χ1n) is 7.41. The molecule has 0 saturated heterocycles. The summed E-state index contributed by atoms with van der Waals surface area (Å²) in [7, 11) is 1.57. The molecule has 0 saturated carbocycles. The molecule has 0 aliphatic heterocycles. The van der Waals surface area contributed by atoms with Gasteiger partial charge in [-0.25, -0.2) is 4.79 Å². The Bertz CT molecular complexity index is 517. The van der Waals surface area contributed by atoms with Crippen LogP contribution in [0.25, 0.3) is 0 Å². The van der Waals surface area contributed by atoms with Gasteiger partial charge in [0.15, 0.2) is 0 Å². The molecule has 6 heteroatoms. The highest BCUT2D eigenvalue weighted by Gasteiger charge is 2.11. The lowest BCUT2D eigenvalue weighted by atomic mass is 10.2. The third-order valence-corrected chi connectivity index (χ3v) is 3.21. The average molecular weight is 308 g/mol. The van der Waals surface area contributed by atoms with Crippen molar-refractivity contribution in [1.29, 1.82) is 0 Å². The Morgan fingerprint density at radius 1 is 1.36 bits per heavy atom. The fraction of sp³-hybridized carbons (Fsp3) is 0.500. The maximum atomic E-state index is 12.0. The van der Waals surface area contributed by atoms with E-state index in [-0.39, 0.29) is 19.0 Å². The van der Waals surface area contributed by atoms with Gasteiger partial charge in [-0.3, -0.25) is 4.79 Å². The van der Waals surface area contributed by atoms with Gasteiger partial charge >= 0.3 is 12.0 Å². The van der Waals surface area contributed by atoms with E-state index in [9.17, 15) is 9.59 Å². The smallest absolute Gasteiger partial charge is 0.321 e. The zero-order valence-corrected chi connectivity index (χ0v) is 13.4. The number of unbranched alkanes of at least 4 members (excludes halogenated alkanes) is 1. The summed E-state index contributed by atoms with van der Waals surface area (Å²) in [4.78, 5) is 23.8. The van der Waals surface area contributed by atoms with Gasteiger partial charge in [0.1, 0.15) is 5.75 Å². The Hall–Kier alpha value is -2.24. The number of amides is 2. The topological polar surface area (TPSA) is 78.9 Å². The van der Waals surface area contributed by atoms with Crippen LogP contribution in [0, 0.1) is 6.92 Å². The van der Waals surface area contributed by atoms with E-state index in [4.69, 9.17) is 9.84 Å². The van der Waals surface area contributed by atoms with Crippen LogP contribution < -0.4 is 10.1 Å². The number of aryl methyl sites for hydroxylation is 1. The number of hydrogen-bond donors (Lipinski definition) is 2. The molecule has 0 spiro atoms. The van der Waals surface area contributed by atoms with Crippen molar-refractivity contribution in [3.63, 3.8) is 0 Å². The Morgan fingerprint density at radius 2 is 2.09 bits per heavy atom. The number of urea groups is 1. The molecule has 0 aliphatic rings. The van der Waals surface area contributed by atoms with Crippen LogP contribution in [0.4, 0.5) is 10.5 Å². The highest BCUT2D eigenvalue weighted by atomic mass is 16.5. The van der Waals surface area contributed by atoms with Gasteiger partial charge in [0, 0.05) is 19.3 Å². The van der Waals surface area contributed by atoms with Crippen LogP contribution >= 0.6 is 0 Å². The minimum Gasteiger partial charge on any atom is -0.494 e. The Labute approximate surface area is 131 Å². The lowest BCUT2D eigenvalue weighted by Gasteiger charge is -2.18. The lowest BCUT2D eigenvalue weighted by Crippen LogP contribution is -2.33. The predicted octanol–water partition coefficient (Wildman–Crippen LogP) is 3.11. The maximum absolute atomic E-state index is 12.0. The number of carboxylic acid groups (broad SMARTS) is 1. The number of nitrogens with one attached hydrogen (secondary N) is 1. The summed E-state index contributed by atoms with van der Waals surface area (Å²) in [5.74, 6) is -0.146. The fourth-order valence-corrected chi connectivity index (χ4v) is 1.78. The summed E-state index contributed by atoms with van der Waals surface area (Å²) in [5.41, 5.74) is 1.59. The number of hydrogen-bond acceptors (Lipinski definition) is 3. The van der Waals surface area contributed by atoms with Gasteiger partial charge in [0.25, 0.3) is 0 Å². The maximum Gasteiger partial charge on any atom is 0.321 e. The monoisotopic (exact) mass is 308 g/mol. The number of rotatable bonds is 8. The van der Waals surface area contributed by atoms with Crippen molar-refractivity contribution < 1.29 is 19.4 Å². The average Bonchev–Trinajstić information content (AvgIpc) is 2.47. The molecular formula is C16H24N2O4. The van der Waals surface area contributed by atoms with Crippen LogP contribution in [0.2, 0.25) is 0 Å². The first-order valence-corrected chi connectivity index (χ1v) is 7.41. The summed E-state index contributed by atoms with van der Waals surface area (Å²) in [6.07, 6.45) is 2.01. The first-order chi connectivity index (χ1) is 10.4. The van der Waals surface area contributed by atoms with Crippen LogP contribution in [0.3, 0.4) is 0 Å². The van der Waals surface area contributed by atoms with Crippen LogP contribution in [-0.2, 0) is 4.79 Å². The number of carboxylic acids is 1. The largest absolute Gasteiger partial charge is 0.494 e. The quantitative estimate of drug-likeness (QED) is 0.723. The van der Waals surface area contributed by atoms with Gasteiger partial charge in [-0.1, -0.05) is 13.3 Å². The van der Waals surface area contributed by atoms with E-state index in [1.165, 1.54) is 4.90 Å². The van der Waals surface area contributed by atoms with Crippen molar-refractivity contribution in [2.45, 2.75) is 33.1 Å². The third-order valence-electron chi connectivity index (χ3n) is 3.21. The van der Waals surface area contributed by atoms with Gasteiger partial charge in [0.05, 0.1) is 13.0 Å². The van der Waals surface area contributed by atoms with E-state index in [0.717, 1.165) is 24.2 Å². The Morgan fingerprint density at radius 3 is 2.68 bits per heavy atom. The summed E-state index contributed by atoms with van der Waals surface area (Å²) in [5, 5.41) is 11.4. The summed E-state index contributed by atoms with van der Waals surface area (Å²) >= 11 is 0. The van der Waals surface area contributed by atoms with Gasteiger partial charge in [-0.05, 0) is 37.1 Å². The molecule has 1 rings (SSSR count). The molecule has 2 N–H and O–H groups in total. The SMILES string of the molecule is CCCCOc1ccc(NC(=O)N(C)CCC(=O)O)c(C)c1. The second-order valence-electron chi connectivity index (χ2n) is 5.17. The van der Waals surface area contributed by atoms with Crippen LogP contribution in [0.5, 0.6) is 5.75 Å². The molecule has 0 bridgehead atoms. The van der Waals surface area contributed by atoms with E-state index in [1.54, 1.807) is 13.1 Å². The second kappa shape index (κ2) is 8.92. The Kier molecular flexibility index (Phi) is 7.22. The fourth-order valence-electron chi connectivity index (χ4n) is 1.78. The summed E-state index contributed by atoms with van der Waals surface area (Å²) in [6, 6.07) is 5.15. The molecule has 2 amide bonds. The molecule has 0 aromatic heterocycles. The van der Waals surface area contributed by atoms with E-state index < -0.39 is 5.97 Å². The number of carbonyl (C=O) groups excluding carboxylic acids is 1. The Balaban J connectivity index is 2.58. The van der Waals surface area contributed by atoms with Crippen molar-refractivity contribution >= 4 is 17.7 Å². The molecule has 1 aromatic rings. The van der Waals surface area contributed by atoms with E-state index in [2.05, 4.69) is 12.2 Å². The standard InChI is InChI=1S/C16H24N2O4/c1-4-5-10-22-13-6-7-14(12(2)11-13)17-16(21)18(3)9-8-15(19)20/h6-7,11H,4-5,8-10H2,1-3H3,(H,17,21)(H,19,20). The lowest BCUT2D eigenvalue weighted by molar-refractivity contribution is -0.137. The van der Waals surface area contributed by atoms with E-state index in [1.807, 2.05) is 19.1 Å². The highest BCUT2D eigenvalue weighted by molar-refractivity contribution is 5.90. The van der Waals surface area contributed by atoms with Gasteiger partial charge in [-0.15, -0.1) is 0 Å². The molecule has 0 unspecified atom stereocenters. The van der Waals surface area contributed by atoms with Crippen molar-refractivity contribution in [3.05, 3.63) is 23.8 Å². The van der Waals surface area contributed by atoms with E-state index in [0.29, 0.717) is 12.3 Å². The molecule has 22 heavy (non-hydrogen) atoms. The van der Waals surface area contributed by atoms with Gasteiger partial charge in [-0.2, -0.15) is 0 Å². The van der Waals surface area contributed by atoms with Crippen molar-refractivity contribution in [2.24, 2.45) is 0 Å². The number of aliphatic carboxylic acids is 1. The van der Waals surface area contributed by atoms with Crippen molar-refractivity contribution in [2.75, 3.05) is 25.5 Å². The minimum absolute atomic E-state index is 0.0763. The number of benzene rings is 1. The molecule has 6 nitrogen and oxygen atoms in total. The number of carbonyl (C=O) groups is 2. The van der Waals surface area contributed by atoms with Gasteiger partial charge in [0.2, 0.25) is 0 Å². The highest BCUT2D eigenvalue weighted by Crippen LogP contribution is 2.21. The van der Waals surface area contributed by atoms with Crippen molar-refractivity contribution in [1.82, 2.24) is 4.90 Å². The molecule has 122 valence electrons. The molecule has 0 fully saturated rings. The van der Waals surface area contributed by atoms with Crippen LogP contribution in [0.1, 0.15) is 31.7 Å². The van der Waals surface area contributed by atoms with Gasteiger partial charge < -0.3 is 20.1 Å². The van der Waals surface area contributed by atoms with Crippen molar-refractivity contribution in [3.8, 4) is 5.75 Å². The summed E-state index contributed by atoms with van der Waals surface area (Å²) in [6.45, 7) is 4.84. The molecule has 1 aromatic carbocycles. The number of ether oxygens (including phenoxy) is 1. The molecule has 0 aliphatic carbocycles. The minimum atomic E-state index is -0.926. The molecule has 0 radical (unpaired) electrons. The first kappa shape index (κ1) is 17.8. The molecular weight excluding hydrogens is 284 g/mol. The van der Waals surface area contributed by atoms with E-state index >= 15 is 0 Å².